The largest absolute Gasteiger partial charge is 0.348 e. The van der Waals surface area contributed by atoms with E-state index in [9.17, 15) is 13.2 Å². The van der Waals surface area contributed by atoms with Gasteiger partial charge < -0.3 is 5.32 Å². The molecule has 1 N–H and O–H groups in total. The number of hydrogen-bond acceptors (Lipinski definition) is 3. The number of aryl methyl sites for hydroxylation is 3. The van der Waals surface area contributed by atoms with Crippen molar-refractivity contribution in [2.45, 2.75) is 38.6 Å². The second kappa shape index (κ2) is 8.54. The summed E-state index contributed by atoms with van der Waals surface area (Å²) in [4.78, 5) is 12.6. The second-order valence-corrected chi connectivity index (χ2v) is 9.73. The van der Waals surface area contributed by atoms with Crippen molar-refractivity contribution in [3.63, 3.8) is 0 Å². The number of sulfonamides is 1. The summed E-state index contributed by atoms with van der Waals surface area (Å²) >= 11 is 3.38. The lowest BCUT2D eigenvalue weighted by molar-refractivity contribution is -0.121. The van der Waals surface area contributed by atoms with Crippen molar-refractivity contribution >= 4 is 31.9 Å². The molecule has 0 saturated carbocycles. The van der Waals surface area contributed by atoms with Crippen LogP contribution in [0.5, 0.6) is 0 Å². The van der Waals surface area contributed by atoms with Crippen LogP contribution in [0.15, 0.2) is 45.8 Å². The molecule has 0 bridgehead atoms. The highest BCUT2D eigenvalue weighted by Crippen LogP contribution is 2.24. The molecular weight excluding hydrogens is 428 g/mol. The van der Waals surface area contributed by atoms with Crippen LogP contribution in [0.3, 0.4) is 0 Å². The van der Waals surface area contributed by atoms with Crippen LogP contribution in [-0.2, 0) is 14.8 Å². The summed E-state index contributed by atoms with van der Waals surface area (Å²) in [6.07, 6.45) is 0. The maximum absolute atomic E-state index is 13.0. The lowest BCUT2D eigenvalue weighted by Gasteiger charge is -2.21. The molecule has 0 heterocycles. The zero-order chi connectivity index (χ0) is 20.4. The summed E-state index contributed by atoms with van der Waals surface area (Å²) in [5, 5.41) is 2.85. The molecule has 0 aliphatic rings. The third kappa shape index (κ3) is 5.18. The average molecular weight is 453 g/mol. The zero-order valence-electron chi connectivity index (χ0n) is 16.2. The van der Waals surface area contributed by atoms with Gasteiger partial charge in [-0.05, 0) is 56.5 Å². The molecule has 0 saturated heterocycles. The van der Waals surface area contributed by atoms with Crippen molar-refractivity contribution in [1.29, 1.82) is 0 Å². The van der Waals surface area contributed by atoms with E-state index in [0.717, 1.165) is 19.9 Å². The van der Waals surface area contributed by atoms with Crippen LogP contribution in [0.4, 0.5) is 0 Å². The highest BCUT2D eigenvalue weighted by molar-refractivity contribution is 9.10. The van der Waals surface area contributed by atoms with Crippen molar-refractivity contribution in [1.82, 2.24) is 9.62 Å². The Morgan fingerprint density at radius 3 is 2.15 bits per heavy atom. The van der Waals surface area contributed by atoms with Gasteiger partial charge in [0.25, 0.3) is 0 Å². The molecule has 0 spiro atoms. The van der Waals surface area contributed by atoms with Crippen LogP contribution in [0.25, 0.3) is 0 Å². The minimum Gasteiger partial charge on any atom is -0.348 e. The molecule has 0 aliphatic carbocycles. The maximum Gasteiger partial charge on any atom is 0.243 e. The summed E-state index contributed by atoms with van der Waals surface area (Å²) < 4.78 is 28.0. The van der Waals surface area contributed by atoms with Crippen LogP contribution in [0.1, 0.15) is 35.2 Å². The lowest BCUT2D eigenvalue weighted by atomic mass is 10.1. The molecule has 2 aromatic rings. The van der Waals surface area contributed by atoms with Gasteiger partial charge in [-0.3, -0.25) is 4.79 Å². The normalized spacial score (nSPS) is 12.9. The molecule has 7 heteroatoms. The number of halogens is 1. The number of hydrogen-bond donors (Lipinski definition) is 1. The fourth-order valence-electron chi connectivity index (χ4n) is 3.14. The summed E-state index contributed by atoms with van der Waals surface area (Å²) in [5.74, 6) is -0.348. The van der Waals surface area contributed by atoms with Gasteiger partial charge in [-0.1, -0.05) is 45.8 Å². The van der Waals surface area contributed by atoms with Crippen molar-refractivity contribution in [3.8, 4) is 0 Å². The van der Waals surface area contributed by atoms with Crippen molar-refractivity contribution in [3.05, 3.63) is 63.1 Å². The molecule has 1 atom stereocenters. The number of carbonyl (C=O) groups is 1. The molecule has 2 aromatic carbocycles. The molecular formula is C20H25BrN2O3S. The predicted octanol–water partition coefficient (Wildman–Crippen LogP) is 3.87. The van der Waals surface area contributed by atoms with E-state index < -0.39 is 10.0 Å². The Hall–Kier alpha value is -1.70. The highest BCUT2D eigenvalue weighted by Gasteiger charge is 2.27. The summed E-state index contributed by atoms with van der Waals surface area (Å²) in [6, 6.07) is 11.1. The first-order valence-corrected chi connectivity index (χ1v) is 10.8. The Kier molecular flexibility index (Phi) is 6.83. The van der Waals surface area contributed by atoms with Gasteiger partial charge in [-0.25, -0.2) is 8.42 Å². The van der Waals surface area contributed by atoms with Gasteiger partial charge in [0, 0.05) is 11.5 Å². The molecule has 0 unspecified atom stereocenters. The monoisotopic (exact) mass is 452 g/mol. The number of carbonyl (C=O) groups excluding carboxylic acids is 1. The van der Waals surface area contributed by atoms with Crippen LogP contribution >= 0.6 is 15.9 Å². The number of nitrogens with zero attached hydrogens (tertiary/aromatic N) is 1. The van der Waals surface area contributed by atoms with Crippen LogP contribution in [-0.4, -0.2) is 32.2 Å². The first-order valence-electron chi connectivity index (χ1n) is 8.61. The van der Waals surface area contributed by atoms with E-state index in [2.05, 4.69) is 21.2 Å². The van der Waals surface area contributed by atoms with Crippen molar-refractivity contribution in [2.75, 3.05) is 13.6 Å². The first-order chi connectivity index (χ1) is 12.5. The van der Waals surface area contributed by atoms with E-state index in [1.54, 1.807) is 13.8 Å². The Bertz CT molecular complexity index is 917. The minimum atomic E-state index is -3.75. The summed E-state index contributed by atoms with van der Waals surface area (Å²) in [6.45, 7) is 7.10. The van der Waals surface area contributed by atoms with Crippen molar-refractivity contribution in [2.24, 2.45) is 0 Å². The Morgan fingerprint density at radius 1 is 1.11 bits per heavy atom. The Balaban J connectivity index is 2.12. The van der Waals surface area contributed by atoms with E-state index in [1.165, 1.54) is 7.05 Å². The third-order valence-electron chi connectivity index (χ3n) is 4.39. The number of benzene rings is 2. The smallest absolute Gasteiger partial charge is 0.243 e. The molecule has 27 heavy (non-hydrogen) atoms. The van der Waals surface area contributed by atoms with Crippen LogP contribution in [0.2, 0.25) is 0 Å². The topological polar surface area (TPSA) is 66.5 Å². The van der Waals surface area contributed by atoms with E-state index in [4.69, 9.17) is 0 Å². The van der Waals surface area contributed by atoms with Gasteiger partial charge in [-0.2, -0.15) is 4.31 Å². The zero-order valence-corrected chi connectivity index (χ0v) is 18.6. The van der Waals surface area contributed by atoms with Crippen molar-refractivity contribution < 1.29 is 13.2 Å². The quantitative estimate of drug-likeness (QED) is 0.722. The first kappa shape index (κ1) is 21.6. The van der Waals surface area contributed by atoms with E-state index >= 15 is 0 Å². The SMILES string of the molecule is Cc1cc(C)c(S(=O)(=O)N(C)CC(=O)N[C@@H](C)c2ccc(Br)cc2)c(C)c1. The highest BCUT2D eigenvalue weighted by atomic mass is 79.9. The average Bonchev–Trinajstić information content (AvgIpc) is 2.53. The Morgan fingerprint density at radius 2 is 1.63 bits per heavy atom. The molecule has 0 aromatic heterocycles. The standard InChI is InChI=1S/C20H25BrN2O3S/c1-13-10-14(2)20(15(3)11-13)27(25,26)23(5)12-19(24)22-16(4)17-6-8-18(21)9-7-17/h6-11,16H,12H2,1-5H3,(H,22,24)/t16-/m0/s1. The van der Waals surface area contributed by atoms with Gasteiger partial charge >= 0.3 is 0 Å². The molecule has 1 amide bonds. The van der Waals surface area contributed by atoms with Gasteiger partial charge in [-0.15, -0.1) is 0 Å². The third-order valence-corrected chi connectivity index (χ3v) is 7.02. The summed E-state index contributed by atoms with van der Waals surface area (Å²) in [7, 11) is -2.32. The van der Waals surface area contributed by atoms with Crippen LogP contribution in [0, 0.1) is 20.8 Å². The predicted molar refractivity (Wildman–Crippen MR) is 111 cm³/mol. The molecule has 0 radical (unpaired) electrons. The summed E-state index contributed by atoms with van der Waals surface area (Å²) in [5.41, 5.74) is 3.32. The Labute approximate surface area is 170 Å². The molecule has 0 aliphatic heterocycles. The van der Waals surface area contributed by atoms with E-state index in [-0.39, 0.29) is 23.4 Å². The molecule has 2 rings (SSSR count). The number of amides is 1. The van der Waals surface area contributed by atoms with E-state index in [1.807, 2.05) is 50.2 Å². The maximum atomic E-state index is 13.0. The number of rotatable bonds is 6. The number of nitrogens with one attached hydrogen (secondary N) is 1. The molecule has 0 fully saturated rings. The second-order valence-electron chi connectivity index (χ2n) is 6.83. The molecule has 146 valence electrons. The van der Waals surface area contributed by atoms with Gasteiger partial charge in [0.15, 0.2) is 0 Å². The van der Waals surface area contributed by atoms with Crippen LogP contribution < -0.4 is 5.32 Å². The fourth-order valence-corrected chi connectivity index (χ4v) is 4.93. The number of likely N-dealkylation sites (N-methyl/N-ethyl adjacent to an activating group) is 1. The van der Waals surface area contributed by atoms with Gasteiger partial charge in [0.1, 0.15) is 0 Å². The van der Waals surface area contributed by atoms with Gasteiger partial charge in [0.05, 0.1) is 17.5 Å². The van der Waals surface area contributed by atoms with Gasteiger partial charge in [0.2, 0.25) is 15.9 Å². The fraction of sp³-hybridized carbons (Fsp3) is 0.350. The molecule has 5 nitrogen and oxygen atoms in total. The lowest BCUT2D eigenvalue weighted by Crippen LogP contribution is -2.39. The minimum absolute atomic E-state index is 0.218. The van der Waals surface area contributed by atoms with E-state index in [0.29, 0.717) is 11.1 Å².